The minimum atomic E-state index is 0.747. The summed E-state index contributed by atoms with van der Waals surface area (Å²) in [5.41, 5.74) is 2.13. The van der Waals surface area contributed by atoms with Crippen LogP contribution in [0.1, 0.15) is 5.56 Å². The van der Waals surface area contributed by atoms with Gasteiger partial charge in [0, 0.05) is 18.0 Å². The van der Waals surface area contributed by atoms with Crippen molar-refractivity contribution in [2.24, 2.45) is 0 Å². The highest BCUT2D eigenvalue weighted by Gasteiger charge is 1.98. The molecule has 0 saturated heterocycles. The van der Waals surface area contributed by atoms with Crippen molar-refractivity contribution in [3.05, 3.63) is 61.3 Å². The summed E-state index contributed by atoms with van der Waals surface area (Å²) < 4.78 is 0. The van der Waals surface area contributed by atoms with E-state index in [1.807, 2.05) is 36.4 Å². The minimum Gasteiger partial charge on any atom is -0.237 e. The Bertz CT molecular complexity index is 461. The highest BCUT2D eigenvalue weighted by atomic mass is 14.8. The van der Waals surface area contributed by atoms with Crippen molar-refractivity contribution in [3.8, 4) is 11.4 Å². The SMILES string of the molecule is [CH2]/C=C/c1cccc(-c2ncccn2)c1. The Hall–Kier alpha value is -1.96. The molecule has 0 aliphatic rings. The molecule has 73 valence electrons. The topological polar surface area (TPSA) is 25.8 Å². The van der Waals surface area contributed by atoms with Gasteiger partial charge in [0.25, 0.3) is 0 Å². The standard InChI is InChI=1S/C13H11N2/c1-2-5-11-6-3-7-12(10-11)13-14-8-4-9-15-13/h2-10H,1H2/b5-2+. The van der Waals surface area contributed by atoms with Gasteiger partial charge in [0.05, 0.1) is 0 Å². The molecule has 2 heteroatoms. The third-order valence-electron chi connectivity index (χ3n) is 2.02. The van der Waals surface area contributed by atoms with Gasteiger partial charge in [-0.2, -0.15) is 0 Å². The highest BCUT2D eigenvalue weighted by Crippen LogP contribution is 2.16. The van der Waals surface area contributed by atoms with Crippen LogP contribution in [0.25, 0.3) is 17.5 Å². The van der Waals surface area contributed by atoms with Gasteiger partial charge in [-0.3, -0.25) is 0 Å². The first-order chi connectivity index (χ1) is 7.40. The van der Waals surface area contributed by atoms with Crippen LogP contribution in [0.5, 0.6) is 0 Å². The fraction of sp³-hybridized carbons (Fsp3) is 0. The smallest absolute Gasteiger partial charge is 0.159 e. The van der Waals surface area contributed by atoms with E-state index in [1.165, 1.54) is 0 Å². The second-order valence-corrected chi connectivity index (χ2v) is 3.10. The van der Waals surface area contributed by atoms with Crippen LogP contribution in [0.2, 0.25) is 0 Å². The monoisotopic (exact) mass is 195 g/mol. The summed E-state index contributed by atoms with van der Waals surface area (Å²) in [4.78, 5) is 8.40. The molecular formula is C13H11N2. The molecule has 0 spiro atoms. The number of aromatic nitrogens is 2. The van der Waals surface area contributed by atoms with Gasteiger partial charge >= 0.3 is 0 Å². The van der Waals surface area contributed by atoms with E-state index in [1.54, 1.807) is 18.5 Å². The Morgan fingerprint density at radius 2 is 1.87 bits per heavy atom. The van der Waals surface area contributed by atoms with Gasteiger partial charge in [-0.25, -0.2) is 9.97 Å². The average molecular weight is 195 g/mol. The van der Waals surface area contributed by atoms with Gasteiger partial charge in [0.15, 0.2) is 5.82 Å². The number of rotatable bonds is 2. The lowest BCUT2D eigenvalue weighted by Crippen LogP contribution is -1.86. The van der Waals surface area contributed by atoms with Crippen LogP contribution in [0.4, 0.5) is 0 Å². The zero-order valence-corrected chi connectivity index (χ0v) is 8.30. The summed E-state index contributed by atoms with van der Waals surface area (Å²) in [6.07, 6.45) is 7.20. The molecule has 1 heterocycles. The number of nitrogens with zero attached hydrogens (tertiary/aromatic N) is 2. The van der Waals surface area contributed by atoms with Crippen LogP contribution in [0.3, 0.4) is 0 Å². The fourth-order valence-corrected chi connectivity index (χ4v) is 1.37. The molecule has 2 rings (SSSR count). The van der Waals surface area contributed by atoms with Gasteiger partial charge in [-0.15, -0.1) is 0 Å². The molecule has 1 aromatic carbocycles. The molecule has 0 unspecified atom stereocenters. The molecule has 0 fully saturated rings. The Morgan fingerprint density at radius 3 is 2.60 bits per heavy atom. The van der Waals surface area contributed by atoms with Crippen molar-refractivity contribution in [1.82, 2.24) is 9.97 Å². The van der Waals surface area contributed by atoms with Gasteiger partial charge in [-0.1, -0.05) is 30.4 Å². The molecule has 0 N–H and O–H groups in total. The lowest BCUT2D eigenvalue weighted by molar-refractivity contribution is 1.18. The van der Waals surface area contributed by atoms with Crippen LogP contribution in [-0.4, -0.2) is 9.97 Å². The first-order valence-electron chi connectivity index (χ1n) is 4.73. The van der Waals surface area contributed by atoms with Crippen LogP contribution >= 0.6 is 0 Å². The maximum absolute atomic E-state index is 4.20. The molecule has 0 bridgehead atoms. The third-order valence-corrected chi connectivity index (χ3v) is 2.02. The number of hydrogen-bond donors (Lipinski definition) is 0. The first kappa shape index (κ1) is 9.59. The van der Waals surface area contributed by atoms with Crippen molar-refractivity contribution in [3.63, 3.8) is 0 Å². The number of benzene rings is 1. The predicted octanol–water partition coefficient (Wildman–Crippen LogP) is 2.99. The van der Waals surface area contributed by atoms with Crippen LogP contribution in [-0.2, 0) is 0 Å². The zero-order chi connectivity index (χ0) is 10.5. The molecule has 0 atom stereocenters. The molecule has 1 radical (unpaired) electrons. The van der Waals surface area contributed by atoms with Crippen LogP contribution in [0, 0.1) is 6.92 Å². The van der Waals surface area contributed by atoms with E-state index in [2.05, 4.69) is 16.9 Å². The maximum Gasteiger partial charge on any atom is 0.159 e. The first-order valence-corrected chi connectivity index (χ1v) is 4.73. The van der Waals surface area contributed by atoms with Crippen LogP contribution in [0.15, 0.2) is 48.8 Å². The molecule has 0 aliphatic carbocycles. The summed E-state index contributed by atoms with van der Waals surface area (Å²) in [5, 5.41) is 0. The number of hydrogen-bond acceptors (Lipinski definition) is 2. The molecule has 15 heavy (non-hydrogen) atoms. The molecule has 0 amide bonds. The zero-order valence-electron chi connectivity index (χ0n) is 8.30. The van der Waals surface area contributed by atoms with Crippen LogP contribution < -0.4 is 0 Å². The molecule has 1 aromatic heterocycles. The van der Waals surface area contributed by atoms with E-state index < -0.39 is 0 Å². The van der Waals surface area contributed by atoms with E-state index in [0.717, 1.165) is 17.0 Å². The van der Waals surface area contributed by atoms with Gasteiger partial charge in [0.1, 0.15) is 0 Å². The van der Waals surface area contributed by atoms with Crippen molar-refractivity contribution in [2.75, 3.05) is 0 Å². The molecule has 2 aromatic rings. The Morgan fingerprint density at radius 1 is 1.07 bits per heavy atom. The lowest BCUT2D eigenvalue weighted by Gasteiger charge is -2.00. The van der Waals surface area contributed by atoms with E-state index in [0.29, 0.717) is 0 Å². The third kappa shape index (κ3) is 2.29. The fourth-order valence-electron chi connectivity index (χ4n) is 1.37. The number of allylic oxidation sites excluding steroid dienone is 1. The van der Waals surface area contributed by atoms with E-state index in [-0.39, 0.29) is 0 Å². The molecule has 0 aliphatic heterocycles. The summed E-state index contributed by atoms with van der Waals surface area (Å²) in [6.45, 7) is 3.67. The Balaban J connectivity index is 2.41. The van der Waals surface area contributed by atoms with E-state index in [4.69, 9.17) is 0 Å². The van der Waals surface area contributed by atoms with Gasteiger partial charge in [-0.05, 0) is 24.6 Å². The Labute approximate surface area is 89.3 Å². The molecule has 0 saturated carbocycles. The van der Waals surface area contributed by atoms with Gasteiger partial charge < -0.3 is 0 Å². The van der Waals surface area contributed by atoms with Crippen molar-refractivity contribution < 1.29 is 0 Å². The predicted molar refractivity (Wildman–Crippen MR) is 61.9 cm³/mol. The lowest BCUT2D eigenvalue weighted by atomic mass is 10.1. The van der Waals surface area contributed by atoms with E-state index >= 15 is 0 Å². The van der Waals surface area contributed by atoms with Crippen molar-refractivity contribution in [2.45, 2.75) is 0 Å². The van der Waals surface area contributed by atoms with Gasteiger partial charge in [0.2, 0.25) is 0 Å². The van der Waals surface area contributed by atoms with Crippen molar-refractivity contribution >= 4 is 6.08 Å². The summed E-state index contributed by atoms with van der Waals surface area (Å²) >= 11 is 0. The maximum atomic E-state index is 4.20. The summed E-state index contributed by atoms with van der Waals surface area (Å²) in [6, 6.07) is 9.85. The van der Waals surface area contributed by atoms with E-state index in [9.17, 15) is 0 Å². The second kappa shape index (κ2) is 4.51. The Kier molecular flexibility index (Phi) is 2.88. The molecular weight excluding hydrogens is 184 g/mol. The summed E-state index contributed by atoms with van der Waals surface area (Å²) in [5.74, 6) is 0.747. The van der Waals surface area contributed by atoms with Crippen molar-refractivity contribution in [1.29, 1.82) is 0 Å². The largest absolute Gasteiger partial charge is 0.237 e. The normalized spacial score (nSPS) is 10.7. The minimum absolute atomic E-state index is 0.747. The second-order valence-electron chi connectivity index (χ2n) is 3.10. The molecule has 2 nitrogen and oxygen atoms in total. The quantitative estimate of drug-likeness (QED) is 0.736. The average Bonchev–Trinajstić information content (AvgIpc) is 2.31. The highest BCUT2D eigenvalue weighted by molar-refractivity contribution is 5.61. The summed E-state index contributed by atoms with van der Waals surface area (Å²) in [7, 11) is 0.